The van der Waals surface area contributed by atoms with Crippen LogP contribution in [-0.2, 0) is 4.74 Å². The Kier molecular flexibility index (Phi) is 4.08. The van der Waals surface area contributed by atoms with E-state index in [1.807, 2.05) is 0 Å². The molecule has 0 amide bonds. The Bertz CT molecular complexity index is 355. The lowest BCUT2D eigenvalue weighted by Gasteiger charge is -2.24. The zero-order chi connectivity index (χ0) is 12.3. The number of hydrogen-bond donors (Lipinski definition) is 5. The van der Waals surface area contributed by atoms with Gasteiger partial charge in [-0.1, -0.05) is 0 Å². The normalized spacial score (nSPS) is 15.1. The molecule has 6 heteroatoms. The topological polar surface area (TPSA) is 116 Å². The van der Waals surface area contributed by atoms with Crippen LogP contribution in [0.4, 0.5) is 0 Å². The highest BCUT2D eigenvalue weighted by atomic mass is 16.5. The molecule has 0 aromatic heterocycles. The van der Waals surface area contributed by atoms with E-state index in [9.17, 15) is 5.11 Å². The van der Waals surface area contributed by atoms with Crippen LogP contribution in [0.25, 0.3) is 0 Å². The molecule has 0 spiro atoms. The first-order valence-electron chi connectivity index (χ1n) is 4.63. The van der Waals surface area contributed by atoms with E-state index in [2.05, 4.69) is 0 Å². The molecule has 0 aliphatic rings. The summed E-state index contributed by atoms with van der Waals surface area (Å²) in [7, 11) is 1.33. The fourth-order valence-corrected chi connectivity index (χ4v) is 1.42. The van der Waals surface area contributed by atoms with Crippen molar-refractivity contribution in [3.05, 3.63) is 23.8 Å². The summed E-state index contributed by atoms with van der Waals surface area (Å²) < 4.78 is 4.99. The molecule has 0 aliphatic carbocycles. The number of phenolic OH excluding ortho intramolecular Hbond substituents is 2. The molecule has 0 heterocycles. The van der Waals surface area contributed by atoms with Crippen LogP contribution in [0.5, 0.6) is 11.5 Å². The number of rotatable bonds is 4. The number of aromatic hydroxyl groups is 2. The van der Waals surface area contributed by atoms with Crippen LogP contribution in [0, 0.1) is 0 Å². The van der Waals surface area contributed by atoms with Crippen molar-refractivity contribution in [3.63, 3.8) is 0 Å². The molecule has 0 saturated carbocycles. The number of methoxy groups -OCH3 is 1. The fourth-order valence-electron chi connectivity index (χ4n) is 1.42. The number of hydrogen-bond acceptors (Lipinski definition) is 6. The second-order valence-corrected chi connectivity index (χ2v) is 3.39. The predicted octanol–water partition coefficient (Wildman–Crippen LogP) is -0.577. The third-order valence-electron chi connectivity index (χ3n) is 2.27. The lowest BCUT2D eigenvalue weighted by molar-refractivity contribution is -0.0943. The van der Waals surface area contributed by atoms with Crippen molar-refractivity contribution in [1.82, 2.24) is 0 Å². The van der Waals surface area contributed by atoms with E-state index in [-0.39, 0.29) is 17.1 Å². The number of nitrogens with two attached hydrogens (primary N) is 1. The van der Waals surface area contributed by atoms with Crippen LogP contribution in [0.2, 0.25) is 0 Å². The SMILES string of the molecule is COC(c1ccc(O)cc1O)C(N)C(O)O. The first-order chi connectivity index (χ1) is 7.47. The Labute approximate surface area is 92.5 Å². The molecule has 2 unspecified atom stereocenters. The van der Waals surface area contributed by atoms with E-state index >= 15 is 0 Å². The van der Waals surface area contributed by atoms with Crippen molar-refractivity contribution in [2.75, 3.05) is 7.11 Å². The van der Waals surface area contributed by atoms with Crippen molar-refractivity contribution in [1.29, 1.82) is 0 Å². The van der Waals surface area contributed by atoms with Gasteiger partial charge < -0.3 is 30.9 Å². The first-order valence-corrected chi connectivity index (χ1v) is 4.63. The third-order valence-corrected chi connectivity index (χ3v) is 2.27. The Hall–Kier alpha value is -1.34. The Balaban J connectivity index is 3.04. The summed E-state index contributed by atoms with van der Waals surface area (Å²) in [6.45, 7) is 0. The molecular formula is C10H15NO5. The predicted molar refractivity (Wildman–Crippen MR) is 55.7 cm³/mol. The van der Waals surface area contributed by atoms with Gasteiger partial charge in [-0.25, -0.2) is 0 Å². The van der Waals surface area contributed by atoms with E-state index in [0.29, 0.717) is 0 Å². The molecule has 0 fully saturated rings. The smallest absolute Gasteiger partial charge is 0.169 e. The molecule has 2 atom stereocenters. The van der Waals surface area contributed by atoms with Crippen molar-refractivity contribution in [3.8, 4) is 11.5 Å². The number of aliphatic hydroxyl groups excluding tert-OH is 1. The van der Waals surface area contributed by atoms with Gasteiger partial charge in [-0.3, -0.25) is 0 Å². The summed E-state index contributed by atoms with van der Waals surface area (Å²) in [5.74, 6) is -0.322. The number of phenols is 2. The van der Waals surface area contributed by atoms with E-state index in [1.54, 1.807) is 0 Å². The van der Waals surface area contributed by atoms with Gasteiger partial charge in [-0.2, -0.15) is 0 Å². The molecular weight excluding hydrogens is 214 g/mol. The van der Waals surface area contributed by atoms with Crippen molar-refractivity contribution in [2.24, 2.45) is 5.73 Å². The highest BCUT2D eigenvalue weighted by Crippen LogP contribution is 2.31. The largest absolute Gasteiger partial charge is 0.508 e. The van der Waals surface area contributed by atoms with Gasteiger partial charge in [0.1, 0.15) is 17.6 Å². The van der Waals surface area contributed by atoms with Crippen molar-refractivity contribution < 1.29 is 25.2 Å². The Morgan fingerprint density at radius 1 is 1.25 bits per heavy atom. The number of ether oxygens (including phenoxy) is 1. The monoisotopic (exact) mass is 229 g/mol. The lowest BCUT2D eigenvalue weighted by Crippen LogP contribution is -2.40. The first kappa shape index (κ1) is 12.7. The molecule has 1 aromatic rings. The molecule has 6 N–H and O–H groups in total. The molecule has 90 valence electrons. The second kappa shape index (κ2) is 5.13. The summed E-state index contributed by atoms with van der Waals surface area (Å²) in [6.07, 6.45) is -2.64. The minimum atomic E-state index is -1.77. The van der Waals surface area contributed by atoms with Gasteiger partial charge in [0.25, 0.3) is 0 Å². The molecule has 6 nitrogen and oxygen atoms in total. The zero-order valence-corrected chi connectivity index (χ0v) is 8.74. The number of aliphatic hydroxyl groups is 2. The Morgan fingerprint density at radius 3 is 2.31 bits per heavy atom. The standard InChI is InChI=1S/C10H15NO5/c1-16-9(8(11)10(14)15)6-3-2-5(12)4-7(6)13/h2-4,8-10,12-15H,11H2,1H3. The van der Waals surface area contributed by atoms with Gasteiger partial charge in [0.05, 0.1) is 6.04 Å². The minimum Gasteiger partial charge on any atom is -0.508 e. The number of benzene rings is 1. The summed E-state index contributed by atoms with van der Waals surface area (Å²) in [5, 5.41) is 36.6. The molecule has 1 aromatic carbocycles. The summed E-state index contributed by atoms with van der Waals surface area (Å²) in [5.41, 5.74) is 5.79. The molecule has 0 aliphatic heterocycles. The van der Waals surface area contributed by atoms with Crippen molar-refractivity contribution >= 4 is 0 Å². The molecule has 1 rings (SSSR count). The van der Waals surface area contributed by atoms with Crippen molar-refractivity contribution in [2.45, 2.75) is 18.4 Å². The summed E-state index contributed by atoms with van der Waals surface area (Å²) in [6, 6.07) is 2.77. The maximum Gasteiger partial charge on any atom is 0.169 e. The maximum absolute atomic E-state index is 9.56. The molecule has 0 bridgehead atoms. The van der Waals surface area contributed by atoms with E-state index in [4.69, 9.17) is 25.8 Å². The molecule has 16 heavy (non-hydrogen) atoms. The second-order valence-electron chi connectivity index (χ2n) is 3.39. The highest BCUT2D eigenvalue weighted by Gasteiger charge is 2.27. The minimum absolute atomic E-state index is 0.103. The van der Waals surface area contributed by atoms with Crippen LogP contribution < -0.4 is 5.73 Å². The van der Waals surface area contributed by atoms with Gasteiger partial charge in [0.2, 0.25) is 0 Å². The average Bonchev–Trinajstić information content (AvgIpc) is 2.21. The summed E-state index contributed by atoms with van der Waals surface area (Å²) in [4.78, 5) is 0. The van der Waals surface area contributed by atoms with E-state index < -0.39 is 18.4 Å². The molecule has 0 saturated heterocycles. The highest BCUT2D eigenvalue weighted by molar-refractivity contribution is 5.40. The van der Waals surface area contributed by atoms with Crippen LogP contribution in [-0.4, -0.2) is 39.9 Å². The third kappa shape index (κ3) is 2.61. The van der Waals surface area contributed by atoms with Crippen LogP contribution in [0.15, 0.2) is 18.2 Å². The van der Waals surface area contributed by atoms with Crippen LogP contribution in [0.1, 0.15) is 11.7 Å². The van der Waals surface area contributed by atoms with E-state index in [1.165, 1.54) is 19.2 Å². The van der Waals surface area contributed by atoms with Gasteiger partial charge in [0.15, 0.2) is 6.29 Å². The maximum atomic E-state index is 9.56. The quantitative estimate of drug-likeness (QED) is 0.441. The fraction of sp³-hybridized carbons (Fsp3) is 0.400. The van der Waals surface area contributed by atoms with Gasteiger partial charge >= 0.3 is 0 Å². The lowest BCUT2D eigenvalue weighted by atomic mass is 10.0. The van der Waals surface area contributed by atoms with E-state index in [0.717, 1.165) is 6.07 Å². The van der Waals surface area contributed by atoms with Gasteiger partial charge in [-0.05, 0) is 12.1 Å². The Morgan fingerprint density at radius 2 is 1.88 bits per heavy atom. The summed E-state index contributed by atoms with van der Waals surface area (Å²) >= 11 is 0. The van der Waals surface area contributed by atoms with Gasteiger partial charge in [0, 0.05) is 18.7 Å². The molecule has 0 radical (unpaired) electrons. The van der Waals surface area contributed by atoms with Crippen LogP contribution >= 0.6 is 0 Å². The zero-order valence-electron chi connectivity index (χ0n) is 8.74. The average molecular weight is 229 g/mol. The van der Waals surface area contributed by atoms with Gasteiger partial charge in [-0.15, -0.1) is 0 Å². The van der Waals surface area contributed by atoms with Crippen LogP contribution in [0.3, 0.4) is 0 Å².